The summed E-state index contributed by atoms with van der Waals surface area (Å²) in [6, 6.07) is 6.36. The summed E-state index contributed by atoms with van der Waals surface area (Å²) >= 11 is 12.1. The van der Waals surface area contributed by atoms with Crippen LogP contribution in [0.3, 0.4) is 0 Å². The Labute approximate surface area is 121 Å². The molecule has 1 aromatic rings. The quantitative estimate of drug-likeness (QED) is 0.748. The topological polar surface area (TPSA) is 12.0 Å². The number of nitrogens with one attached hydrogen (secondary N) is 1. The number of aryl methyl sites for hydroxylation is 1. The molecular formula is C15H23Cl2N. The van der Waals surface area contributed by atoms with Crippen LogP contribution in [0.15, 0.2) is 18.2 Å². The average molecular weight is 288 g/mol. The third-order valence-electron chi connectivity index (χ3n) is 3.25. The molecule has 3 heteroatoms. The molecule has 0 aliphatic heterocycles. The fraction of sp³-hybridized carbons (Fsp3) is 0.600. The van der Waals surface area contributed by atoms with Gasteiger partial charge in [-0.2, -0.15) is 0 Å². The minimum atomic E-state index is 0.598. The predicted octanol–water partition coefficient (Wildman–Crippen LogP) is 4.95. The smallest absolute Gasteiger partial charge is 0.0452 e. The van der Waals surface area contributed by atoms with Gasteiger partial charge in [0.1, 0.15) is 0 Å². The van der Waals surface area contributed by atoms with E-state index in [-0.39, 0.29) is 0 Å². The van der Waals surface area contributed by atoms with Gasteiger partial charge in [-0.1, -0.05) is 50.0 Å². The lowest BCUT2D eigenvalue weighted by molar-refractivity contribution is 0.377. The summed E-state index contributed by atoms with van der Waals surface area (Å²) in [5, 5.41) is 5.03. The van der Waals surface area contributed by atoms with Gasteiger partial charge in [0, 0.05) is 16.1 Å². The fourth-order valence-corrected chi connectivity index (χ4v) is 2.67. The van der Waals surface area contributed by atoms with Crippen LogP contribution in [0.25, 0.3) is 0 Å². The molecule has 1 rings (SSSR count). The Kier molecular flexibility index (Phi) is 7.06. The maximum absolute atomic E-state index is 6.17. The molecule has 102 valence electrons. The standard InChI is InChI=1S/C15H23Cl2N/c1-4-18-15(11(2)3)7-5-6-12-8-9-13(16)10-14(12)17/h8-11,15,18H,4-7H2,1-3H3. The van der Waals surface area contributed by atoms with Crippen LogP contribution in [0.2, 0.25) is 10.0 Å². The lowest BCUT2D eigenvalue weighted by atomic mass is 9.97. The highest BCUT2D eigenvalue weighted by molar-refractivity contribution is 6.35. The molecule has 0 aliphatic rings. The Balaban J connectivity index is 2.45. The lowest BCUT2D eigenvalue weighted by Crippen LogP contribution is -2.33. The van der Waals surface area contributed by atoms with E-state index in [0.717, 1.165) is 24.4 Å². The predicted molar refractivity (Wildman–Crippen MR) is 81.7 cm³/mol. The summed E-state index contributed by atoms with van der Waals surface area (Å²) in [4.78, 5) is 0. The zero-order chi connectivity index (χ0) is 13.5. The molecule has 0 amide bonds. The monoisotopic (exact) mass is 287 g/mol. The number of halogens is 2. The second-order valence-corrected chi connectivity index (χ2v) is 5.88. The van der Waals surface area contributed by atoms with Crippen LogP contribution in [0.5, 0.6) is 0 Å². The highest BCUT2D eigenvalue weighted by Gasteiger charge is 2.11. The lowest BCUT2D eigenvalue weighted by Gasteiger charge is -2.21. The van der Waals surface area contributed by atoms with Crippen molar-refractivity contribution >= 4 is 23.2 Å². The van der Waals surface area contributed by atoms with Crippen LogP contribution in [0, 0.1) is 5.92 Å². The molecule has 0 bridgehead atoms. The summed E-state index contributed by atoms with van der Waals surface area (Å²) in [6.07, 6.45) is 3.35. The van der Waals surface area contributed by atoms with Crippen LogP contribution in [-0.2, 0) is 6.42 Å². The van der Waals surface area contributed by atoms with E-state index < -0.39 is 0 Å². The van der Waals surface area contributed by atoms with E-state index in [1.54, 1.807) is 0 Å². The molecule has 0 aliphatic carbocycles. The van der Waals surface area contributed by atoms with Crippen LogP contribution in [0.1, 0.15) is 39.2 Å². The number of hydrogen-bond donors (Lipinski definition) is 1. The molecule has 1 nitrogen and oxygen atoms in total. The minimum absolute atomic E-state index is 0.598. The van der Waals surface area contributed by atoms with Crippen LogP contribution < -0.4 is 5.32 Å². The SMILES string of the molecule is CCNC(CCCc1ccc(Cl)cc1Cl)C(C)C. The summed E-state index contributed by atoms with van der Waals surface area (Å²) in [6.45, 7) is 7.72. The van der Waals surface area contributed by atoms with Crippen molar-refractivity contribution in [2.24, 2.45) is 5.92 Å². The molecule has 1 atom stereocenters. The summed E-state index contributed by atoms with van der Waals surface area (Å²) in [7, 11) is 0. The normalized spacial score (nSPS) is 13.0. The highest BCUT2D eigenvalue weighted by atomic mass is 35.5. The van der Waals surface area contributed by atoms with Gasteiger partial charge in [-0.05, 0) is 49.4 Å². The molecule has 0 aromatic heterocycles. The van der Waals surface area contributed by atoms with Crippen molar-refractivity contribution < 1.29 is 0 Å². The van der Waals surface area contributed by atoms with Gasteiger partial charge in [0.25, 0.3) is 0 Å². The second kappa shape index (κ2) is 8.04. The number of benzene rings is 1. The zero-order valence-corrected chi connectivity index (χ0v) is 13.0. The van der Waals surface area contributed by atoms with Crippen molar-refractivity contribution in [1.29, 1.82) is 0 Å². The maximum Gasteiger partial charge on any atom is 0.0452 e. The molecular weight excluding hydrogens is 265 g/mol. The third-order valence-corrected chi connectivity index (χ3v) is 3.83. The van der Waals surface area contributed by atoms with E-state index in [9.17, 15) is 0 Å². The maximum atomic E-state index is 6.17. The van der Waals surface area contributed by atoms with Gasteiger partial charge < -0.3 is 5.32 Å². The van der Waals surface area contributed by atoms with Gasteiger partial charge in [0.2, 0.25) is 0 Å². The van der Waals surface area contributed by atoms with Gasteiger partial charge in [-0.25, -0.2) is 0 Å². The Morgan fingerprint density at radius 2 is 1.94 bits per heavy atom. The van der Waals surface area contributed by atoms with Gasteiger partial charge in [-0.15, -0.1) is 0 Å². The van der Waals surface area contributed by atoms with E-state index in [4.69, 9.17) is 23.2 Å². The molecule has 0 radical (unpaired) electrons. The molecule has 0 saturated carbocycles. The van der Waals surface area contributed by atoms with E-state index >= 15 is 0 Å². The van der Waals surface area contributed by atoms with E-state index in [0.29, 0.717) is 17.0 Å². The summed E-state index contributed by atoms with van der Waals surface area (Å²) in [5.74, 6) is 0.672. The first-order valence-corrected chi connectivity index (χ1v) is 7.47. The largest absolute Gasteiger partial charge is 0.314 e. The first-order valence-electron chi connectivity index (χ1n) is 6.72. The summed E-state index contributed by atoms with van der Waals surface area (Å²) < 4.78 is 0. The molecule has 0 saturated heterocycles. The highest BCUT2D eigenvalue weighted by Crippen LogP contribution is 2.23. The first kappa shape index (κ1) is 15.8. The van der Waals surface area contributed by atoms with E-state index in [1.807, 2.05) is 18.2 Å². The van der Waals surface area contributed by atoms with Crippen LogP contribution in [-0.4, -0.2) is 12.6 Å². The van der Waals surface area contributed by atoms with Crippen molar-refractivity contribution in [3.05, 3.63) is 33.8 Å². The average Bonchev–Trinajstić information content (AvgIpc) is 2.30. The van der Waals surface area contributed by atoms with Crippen molar-refractivity contribution in [2.75, 3.05) is 6.54 Å². The van der Waals surface area contributed by atoms with Crippen molar-refractivity contribution in [1.82, 2.24) is 5.32 Å². The van der Waals surface area contributed by atoms with Crippen molar-refractivity contribution in [3.8, 4) is 0 Å². The summed E-state index contributed by atoms with van der Waals surface area (Å²) in [5.41, 5.74) is 1.19. The Morgan fingerprint density at radius 3 is 2.50 bits per heavy atom. The van der Waals surface area contributed by atoms with Crippen molar-refractivity contribution in [3.63, 3.8) is 0 Å². The number of hydrogen-bond acceptors (Lipinski definition) is 1. The third kappa shape index (κ3) is 5.17. The molecule has 1 N–H and O–H groups in total. The van der Waals surface area contributed by atoms with Gasteiger partial charge >= 0.3 is 0 Å². The Morgan fingerprint density at radius 1 is 1.22 bits per heavy atom. The molecule has 0 fully saturated rings. The number of rotatable bonds is 7. The van der Waals surface area contributed by atoms with Gasteiger partial charge in [0.15, 0.2) is 0 Å². The minimum Gasteiger partial charge on any atom is -0.314 e. The Bertz CT molecular complexity index is 364. The molecule has 0 heterocycles. The first-order chi connectivity index (χ1) is 8.54. The molecule has 1 unspecified atom stereocenters. The van der Waals surface area contributed by atoms with Crippen LogP contribution >= 0.6 is 23.2 Å². The van der Waals surface area contributed by atoms with Gasteiger partial charge in [0.05, 0.1) is 0 Å². The fourth-order valence-electron chi connectivity index (χ4n) is 2.17. The zero-order valence-electron chi connectivity index (χ0n) is 11.5. The van der Waals surface area contributed by atoms with E-state index in [1.165, 1.54) is 12.0 Å². The van der Waals surface area contributed by atoms with Crippen molar-refractivity contribution in [2.45, 2.75) is 46.1 Å². The second-order valence-electron chi connectivity index (χ2n) is 5.04. The molecule has 18 heavy (non-hydrogen) atoms. The van der Waals surface area contributed by atoms with Gasteiger partial charge in [-0.3, -0.25) is 0 Å². The van der Waals surface area contributed by atoms with E-state index in [2.05, 4.69) is 26.1 Å². The Hall–Kier alpha value is -0.240. The molecule has 0 spiro atoms. The molecule has 1 aromatic carbocycles. The van der Waals surface area contributed by atoms with Crippen LogP contribution in [0.4, 0.5) is 0 Å².